The Labute approximate surface area is 185 Å². The Morgan fingerprint density at radius 2 is 1.87 bits per heavy atom. The Hall–Kier alpha value is -2.20. The smallest absolute Gasteiger partial charge is 0.240 e. The number of hydrogen-bond acceptors (Lipinski definition) is 6. The van der Waals surface area contributed by atoms with Crippen LogP contribution in [0.2, 0.25) is 5.02 Å². The molecular formula is C21H24ClFN4O3S. The maximum atomic E-state index is 13.2. The Morgan fingerprint density at radius 3 is 2.65 bits per heavy atom. The van der Waals surface area contributed by atoms with Crippen molar-refractivity contribution < 1.29 is 17.3 Å². The minimum atomic E-state index is -3.69. The van der Waals surface area contributed by atoms with Gasteiger partial charge in [0.1, 0.15) is 5.82 Å². The molecule has 3 aromatic rings. The normalized spacial score (nSPS) is 15.6. The van der Waals surface area contributed by atoms with Crippen LogP contribution < -0.4 is 9.62 Å². The van der Waals surface area contributed by atoms with Crippen molar-refractivity contribution >= 4 is 38.4 Å². The SMILES string of the molecule is O=S(=O)(NCCCCN1CCN(c2noc3ccccc23)CC1)c1ccc(F)c(Cl)c1. The van der Waals surface area contributed by atoms with Gasteiger partial charge >= 0.3 is 0 Å². The van der Waals surface area contributed by atoms with Crippen LogP contribution in [0.15, 0.2) is 51.9 Å². The van der Waals surface area contributed by atoms with Crippen LogP contribution in [0, 0.1) is 5.82 Å². The minimum Gasteiger partial charge on any atom is -0.354 e. The van der Waals surface area contributed by atoms with Crippen molar-refractivity contribution in [1.29, 1.82) is 0 Å². The van der Waals surface area contributed by atoms with Gasteiger partial charge in [0.05, 0.1) is 15.3 Å². The summed E-state index contributed by atoms with van der Waals surface area (Å²) in [5.41, 5.74) is 0.797. The van der Waals surface area contributed by atoms with E-state index in [1.165, 1.54) is 6.07 Å². The zero-order valence-electron chi connectivity index (χ0n) is 16.9. The van der Waals surface area contributed by atoms with Crippen LogP contribution in [0.3, 0.4) is 0 Å². The number of nitrogens with one attached hydrogen (secondary N) is 1. The first-order valence-electron chi connectivity index (χ1n) is 10.2. The van der Waals surface area contributed by atoms with E-state index in [1.807, 2.05) is 24.3 Å². The maximum absolute atomic E-state index is 13.2. The van der Waals surface area contributed by atoms with Gasteiger partial charge in [-0.25, -0.2) is 17.5 Å². The van der Waals surface area contributed by atoms with Crippen LogP contribution in [0.1, 0.15) is 12.8 Å². The van der Waals surface area contributed by atoms with E-state index in [0.717, 1.165) is 68.1 Å². The largest absolute Gasteiger partial charge is 0.354 e. The summed E-state index contributed by atoms with van der Waals surface area (Å²) in [6.45, 7) is 4.80. The van der Waals surface area contributed by atoms with E-state index in [-0.39, 0.29) is 9.92 Å². The predicted octanol–water partition coefficient (Wildman–Crippen LogP) is 3.50. The molecule has 0 unspecified atom stereocenters. The first-order chi connectivity index (χ1) is 14.9. The Kier molecular flexibility index (Phi) is 6.76. The molecule has 1 saturated heterocycles. The van der Waals surface area contributed by atoms with E-state index in [9.17, 15) is 12.8 Å². The summed E-state index contributed by atoms with van der Waals surface area (Å²) in [5.74, 6) is 0.253. The molecule has 1 aliphatic rings. The van der Waals surface area contributed by atoms with E-state index in [0.29, 0.717) is 13.0 Å². The third kappa shape index (κ3) is 5.17. The standard InChI is InChI=1S/C21H24ClFN4O3S/c22-18-15-16(7-8-19(18)23)31(28,29)24-9-3-4-10-26-11-13-27(14-12-26)21-17-5-1-2-6-20(17)30-25-21/h1-2,5-8,15,24H,3-4,9-14H2. The average molecular weight is 467 g/mol. The zero-order chi connectivity index (χ0) is 21.8. The molecule has 1 N–H and O–H groups in total. The van der Waals surface area contributed by atoms with Gasteiger partial charge in [0.15, 0.2) is 11.4 Å². The summed E-state index contributed by atoms with van der Waals surface area (Å²) >= 11 is 5.68. The number of benzene rings is 2. The average Bonchev–Trinajstić information content (AvgIpc) is 3.20. The fraction of sp³-hybridized carbons (Fsp3) is 0.381. The number of rotatable bonds is 8. The molecule has 0 amide bonds. The highest BCUT2D eigenvalue weighted by atomic mass is 35.5. The van der Waals surface area contributed by atoms with Crippen LogP contribution in [0.5, 0.6) is 0 Å². The lowest BCUT2D eigenvalue weighted by molar-refractivity contribution is 0.252. The lowest BCUT2D eigenvalue weighted by Crippen LogP contribution is -2.46. The summed E-state index contributed by atoms with van der Waals surface area (Å²) in [7, 11) is -3.69. The van der Waals surface area contributed by atoms with Gasteiger partial charge in [0, 0.05) is 32.7 Å². The van der Waals surface area contributed by atoms with Gasteiger partial charge in [-0.1, -0.05) is 28.9 Å². The molecule has 2 aromatic carbocycles. The molecule has 2 heterocycles. The van der Waals surface area contributed by atoms with Crippen LogP contribution in [0.4, 0.5) is 10.2 Å². The topological polar surface area (TPSA) is 78.7 Å². The number of halogens is 2. The van der Waals surface area contributed by atoms with Crippen molar-refractivity contribution in [3.63, 3.8) is 0 Å². The number of anilines is 1. The van der Waals surface area contributed by atoms with E-state index < -0.39 is 15.8 Å². The Bertz CT molecular complexity index is 1150. The fourth-order valence-electron chi connectivity index (χ4n) is 3.68. The van der Waals surface area contributed by atoms with Gasteiger partial charge in [0.2, 0.25) is 10.0 Å². The lowest BCUT2D eigenvalue weighted by atomic mass is 10.2. The van der Waals surface area contributed by atoms with Gasteiger partial charge in [0.25, 0.3) is 0 Å². The van der Waals surface area contributed by atoms with E-state index in [1.54, 1.807) is 0 Å². The Morgan fingerprint density at radius 1 is 1.10 bits per heavy atom. The number of aromatic nitrogens is 1. The molecule has 0 aliphatic carbocycles. The first kappa shape index (κ1) is 22.0. The zero-order valence-corrected chi connectivity index (χ0v) is 18.5. The van der Waals surface area contributed by atoms with E-state index in [4.69, 9.17) is 16.1 Å². The van der Waals surface area contributed by atoms with Crippen LogP contribution >= 0.6 is 11.6 Å². The molecular weight excluding hydrogens is 443 g/mol. The molecule has 0 radical (unpaired) electrons. The second-order valence-electron chi connectivity index (χ2n) is 7.51. The second-order valence-corrected chi connectivity index (χ2v) is 9.69. The lowest BCUT2D eigenvalue weighted by Gasteiger charge is -2.34. The fourth-order valence-corrected chi connectivity index (χ4v) is 5.02. The predicted molar refractivity (Wildman–Crippen MR) is 118 cm³/mol. The van der Waals surface area contributed by atoms with Crippen molar-refractivity contribution in [1.82, 2.24) is 14.8 Å². The van der Waals surface area contributed by atoms with Crippen LogP contribution in [-0.2, 0) is 10.0 Å². The summed E-state index contributed by atoms with van der Waals surface area (Å²) in [4.78, 5) is 4.58. The van der Waals surface area contributed by atoms with Gasteiger partial charge in [-0.3, -0.25) is 4.90 Å². The van der Waals surface area contributed by atoms with Crippen molar-refractivity contribution in [3.05, 3.63) is 53.3 Å². The Balaban J connectivity index is 1.19. The third-order valence-electron chi connectivity index (χ3n) is 5.42. The second kappa shape index (κ2) is 9.52. The summed E-state index contributed by atoms with van der Waals surface area (Å²) in [6, 6.07) is 11.2. The van der Waals surface area contributed by atoms with Crippen LogP contribution in [0.25, 0.3) is 11.0 Å². The van der Waals surface area contributed by atoms with Crippen molar-refractivity contribution in [2.24, 2.45) is 0 Å². The number of hydrogen-bond donors (Lipinski definition) is 1. The highest BCUT2D eigenvalue weighted by Gasteiger charge is 2.21. The maximum Gasteiger partial charge on any atom is 0.240 e. The van der Waals surface area contributed by atoms with Crippen molar-refractivity contribution in [2.75, 3.05) is 44.2 Å². The van der Waals surface area contributed by atoms with E-state index >= 15 is 0 Å². The van der Waals surface area contributed by atoms with Gasteiger partial charge in [-0.2, -0.15) is 0 Å². The quantitative estimate of drug-likeness (QED) is 0.512. The highest BCUT2D eigenvalue weighted by molar-refractivity contribution is 7.89. The molecule has 7 nitrogen and oxygen atoms in total. The number of para-hydroxylation sites is 1. The summed E-state index contributed by atoms with van der Waals surface area (Å²) in [5, 5.41) is 5.05. The van der Waals surface area contributed by atoms with Crippen LogP contribution in [-0.4, -0.2) is 57.7 Å². The molecule has 10 heteroatoms. The molecule has 4 rings (SSSR count). The molecule has 1 aromatic heterocycles. The first-order valence-corrected chi connectivity index (χ1v) is 12.1. The third-order valence-corrected chi connectivity index (χ3v) is 7.17. The van der Waals surface area contributed by atoms with Crippen molar-refractivity contribution in [2.45, 2.75) is 17.7 Å². The number of piperazine rings is 1. The van der Waals surface area contributed by atoms with E-state index in [2.05, 4.69) is 19.7 Å². The summed E-state index contributed by atoms with van der Waals surface area (Å²) in [6.07, 6.45) is 1.59. The molecule has 166 valence electrons. The van der Waals surface area contributed by atoms with Gasteiger partial charge in [-0.15, -0.1) is 0 Å². The summed E-state index contributed by atoms with van der Waals surface area (Å²) < 4.78 is 45.7. The monoisotopic (exact) mass is 466 g/mol. The molecule has 0 saturated carbocycles. The molecule has 0 bridgehead atoms. The molecule has 31 heavy (non-hydrogen) atoms. The number of nitrogens with zero attached hydrogens (tertiary/aromatic N) is 3. The molecule has 0 spiro atoms. The molecule has 1 fully saturated rings. The molecule has 1 aliphatic heterocycles. The highest BCUT2D eigenvalue weighted by Crippen LogP contribution is 2.26. The van der Waals surface area contributed by atoms with Crippen molar-refractivity contribution in [3.8, 4) is 0 Å². The molecule has 0 atom stereocenters. The van der Waals surface area contributed by atoms with Gasteiger partial charge in [-0.05, 0) is 49.7 Å². The minimum absolute atomic E-state index is 0.0320. The number of unbranched alkanes of at least 4 members (excludes halogenated alkanes) is 1. The van der Waals surface area contributed by atoms with Gasteiger partial charge < -0.3 is 9.42 Å². The number of fused-ring (bicyclic) bond motifs is 1. The number of sulfonamides is 1.